The SMILES string of the molecule is NCC1=CC=C(O)CC1N. The fraction of sp³-hybridized carbons (Fsp3) is 0.429. The van der Waals surface area contributed by atoms with Crippen molar-refractivity contribution in [1.82, 2.24) is 0 Å². The first-order chi connectivity index (χ1) is 4.74. The lowest BCUT2D eigenvalue weighted by molar-refractivity contribution is 0.376. The molecule has 0 heterocycles. The molecule has 0 bridgehead atoms. The van der Waals surface area contributed by atoms with Crippen LogP contribution in [0.5, 0.6) is 0 Å². The Morgan fingerprint density at radius 1 is 1.60 bits per heavy atom. The fourth-order valence-electron chi connectivity index (χ4n) is 0.971. The Bertz CT molecular complexity index is 184. The average Bonchev–Trinajstić information content (AvgIpc) is 1.88. The van der Waals surface area contributed by atoms with E-state index in [2.05, 4.69) is 0 Å². The summed E-state index contributed by atoms with van der Waals surface area (Å²) in [6, 6.07) is -0.0880. The molecule has 0 radical (unpaired) electrons. The van der Waals surface area contributed by atoms with Gasteiger partial charge in [0.05, 0.1) is 5.76 Å². The van der Waals surface area contributed by atoms with Gasteiger partial charge in [-0.2, -0.15) is 0 Å². The Labute approximate surface area is 60.0 Å². The zero-order valence-corrected chi connectivity index (χ0v) is 5.75. The fourth-order valence-corrected chi connectivity index (χ4v) is 0.971. The maximum Gasteiger partial charge on any atom is 0.0941 e. The highest BCUT2D eigenvalue weighted by atomic mass is 16.3. The Balaban J connectivity index is 2.71. The van der Waals surface area contributed by atoms with Gasteiger partial charge in [0.1, 0.15) is 0 Å². The molecule has 0 saturated heterocycles. The number of nitrogens with two attached hydrogens (primary N) is 2. The second kappa shape index (κ2) is 2.86. The number of allylic oxidation sites excluding steroid dienone is 2. The van der Waals surface area contributed by atoms with Crippen LogP contribution in [0.25, 0.3) is 0 Å². The average molecular weight is 140 g/mol. The summed E-state index contributed by atoms with van der Waals surface area (Å²) in [7, 11) is 0. The minimum absolute atomic E-state index is 0.0880. The molecule has 0 amide bonds. The van der Waals surface area contributed by atoms with Crippen molar-refractivity contribution >= 4 is 0 Å². The van der Waals surface area contributed by atoms with Crippen molar-refractivity contribution in [2.24, 2.45) is 11.5 Å². The quantitative estimate of drug-likeness (QED) is 0.481. The monoisotopic (exact) mass is 140 g/mol. The predicted molar refractivity (Wildman–Crippen MR) is 40.4 cm³/mol. The summed E-state index contributed by atoms with van der Waals surface area (Å²) in [5, 5.41) is 8.99. The summed E-state index contributed by atoms with van der Waals surface area (Å²) in [6.07, 6.45) is 3.94. The van der Waals surface area contributed by atoms with Crippen LogP contribution in [0.3, 0.4) is 0 Å². The van der Waals surface area contributed by atoms with E-state index >= 15 is 0 Å². The lowest BCUT2D eigenvalue weighted by atomic mass is 9.99. The molecule has 0 fully saturated rings. The molecule has 56 valence electrons. The van der Waals surface area contributed by atoms with Gasteiger partial charge in [0.15, 0.2) is 0 Å². The standard InChI is InChI=1S/C7H12N2O/c8-4-5-1-2-6(10)3-7(5)9/h1-2,7,10H,3-4,8-9H2. The van der Waals surface area contributed by atoms with Crippen LogP contribution in [0, 0.1) is 0 Å². The molecule has 0 spiro atoms. The predicted octanol–water partition coefficient (Wildman–Crippen LogP) is 0.0444. The highest BCUT2D eigenvalue weighted by Gasteiger charge is 2.12. The van der Waals surface area contributed by atoms with E-state index in [1.807, 2.05) is 0 Å². The largest absolute Gasteiger partial charge is 0.512 e. The van der Waals surface area contributed by atoms with Crippen LogP contribution in [0.2, 0.25) is 0 Å². The number of hydrogen-bond acceptors (Lipinski definition) is 3. The molecule has 1 atom stereocenters. The van der Waals surface area contributed by atoms with Gasteiger partial charge < -0.3 is 16.6 Å². The maximum atomic E-state index is 8.99. The van der Waals surface area contributed by atoms with Crippen molar-refractivity contribution in [2.45, 2.75) is 12.5 Å². The summed E-state index contributed by atoms with van der Waals surface area (Å²) in [4.78, 5) is 0. The second-order valence-corrected chi connectivity index (χ2v) is 2.41. The smallest absolute Gasteiger partial charge is 0.0941 e. The highest BCUT2D eigenvalue weighted by Crippen LogP contribution is 2.13. The zero-order valence-electron chi connectivity index (χ0n) is 5.75. The third-order valence-electron chi connectivity index (χ3n) is 1.63. The molecule has 3 heteroatoms. The molecule has 3 nitrogen and oxygen atoms in total. The van der Waals surface area contributed by atoms with Gasteiger partial charge in [-0.3, -0.25) is 0 Å². The molecule has 0 aliphatic heterocycles. The van der Waals surface area contributed by atoms with E-state index in [9.17, 15) is 0 Å². The van der Waals surface area contributed by atoms with Crippen LogP contribution >= 0.6 is 0 Å². The van der Waals surface area contributed by atoms with Gasteiger partial charge in [-0.15, -0.1) is 0 Å². The molecule has 10 heavy (non-hydrogen) atoms. The molecule has 1 rings (SSSR count). The van der Waals surface area contributed by atoms with E-state index in [4.69, 9.17) is 16.6 Å². The van der Waals surface area contributed by atoms with Gasteiger partial charge in [0.25, 0.3) is 0 Å². The van der Waals surface area contributed by atoms with Crippen LogP contribution in [-0.4, -0.2) is 17.7 Å². The topological polar surface area (TPSA) is 72.3 Å². The Morgan fingerprint density at radius 2 is 2.30 bits per heavy atom. The van der Waals surface area contributed by atoms with Gasteiger partial charge in [-0.1, -0.05) is 6.08 Å². The van der Waals surface area contributed by atoms with E-state index in [0.29, 0.717) is 18.7 Å². The van der Waals surface area contributed by atoms with Gasteiger partial charge in [0, 0.05) is 19.0 Å². The summed E-state index contributed by atoms with van der Waals surface area (Å²) in [6.45, 7) is 0.477. The second-order valence-electron chi connectivity index (χ2n) is 2.41. The van der Waals surface area contributed by atoms with Gasteiger partial charge in [-0.05, 0) is 11.6 Å². The molecule has 0 aromatic rings. The van der Waals surface area contributed by atoms with E-state index in [1.54, 1.807) is 12.2 Å². The van der Waals surface area contributed by atoms with E-state index in [1.165, 1.54) is 0 Å². The molecule has 0 aromatic heterocycles. The van der Waals surface area contributed by atoms with Crippen molar-refractivity contribution in [3.8, 4) is 0 Å². The normalized spacial score (nSPS) is 25.6. The number of rotatable bonds is 1. The third kappa shape index (κ3) is 1.37. The minimum atomic E-state index is -0.0880. The molecule has 1 aliphatic rings. The summed E-state index contributed by atoms with van der Waals surface area (Å²) < 4.78 is 0. The van der Waals surface area contributed by atoms with Crippen molar-refractivity contribution < 1.29 is 5.11 Å². The van der Waals surface area contributed by atoms with Crippen LogP contribution < -0.4 is 11.5 Å². The summed E-state index contributed by atoms with van der Waals surface area (Å²) in [5.41, 5.74) is 12.0. The lowest BCUT2D eigenvalue weighted by Crippen LogP contribution is -2.29. The van der Waals surface area contributed by atoms with E-state index in [-0.39, 0.29) is 6.04 Å². The van der Waals surface area contributed by atoms with Crippen LogP contribution in [-0.2, 0) is 0 Å². The van der Waals surface area contributed by atoms with Crippen molar-refractivity contribution in [3.05, 3.63) is 23.5 Å². The zero-order chi connectivity index (χ0) is 7.56. The van der Waals surface area contributed by atoms with Crippen molar-refractivity contribution in [2.75, 3.05) is 6.54 Å². The first-order valence-corrected chi connectivity index (χ1v) is 3.28. The van der Waals surface area contributed by atoms with Gasteiger partial charge in [0.2, 0.25) is 0 Å². The molecule has 1 unspecified atom stereocenters. The van der Waals surface area contributed by atoms with Crippen molar-refractivity contribution in [1.29, 1.82) is 0 Å². The number of aliphatic hydroxyl groups excluding tert-OH is 1. The third-order valence-corrected chi connectivity index (χ3v) is 1.63. The number of aliphatic hydroxyl groups is 1. The lowest BCUT2D eigenvalue weighted by Gasteiger charge is -2.16. The number of hydrogen-bond donors (Lipinski definition) is 3. The Hall–Kier alpha value is -0.800. The first kappa shape index (κ1) is 7.31. The minimum Gasteiger partial charge on any atom is -0.512 e. The van der Waals surface area contributed by atoms with Gasteiger partial charge in [-0.25, -0.2) is 0 Å². The molecular weight excluding hydrogens is 128 g/mol. The van der Waals surface area contributed by atoms with Crippen molar-refractivity contribution in [3.63, 3.8) is 0 Å². The van der Waals surface area contributed by atoms with Crippen LogP contribution in [0.1, 0.15) is 6.42 Å². The first-order valence-electron chi connectivity index (χ1n) is 3.28. The Kier molecular flexibility index (Phi) is 2.09. The van der Waals surface area contributed by atoms with E-state index in [0.717, 1.165) is 5.57 Å². The summed E-state index contributed by atoms with van der Waals surface area (Å²) >= 11 is 0. The van der Waals surface area contributed by atoms with Crippen LogP contribution in [0.4, 0.5) is 0 Å². The Morgan fingerprint density at radius 3 is 2.80 bits per heavy atom. The van der Waals surface area contributed by atoms with Gasteiger partial charge >= 0.3 is 0 Å². The molecule has 1 aliphatic carbocycles. The maximum absolute atomic E-state index is 8.99. The van der Waals surface area contributed by atoms with Crippen LogP contribution in [0.15, 0.2) is 23.5 Å². The van der Waals surface area contributed by atoms with E-state index < -0.39 is 0 Å². The summed E-state index contributed by atoms with van der Waals surface area (Å²) in [5.74, 6) is 0.338. The molecular formula is C7H12N2O. The molecule has 0 aromatic carbocycles. The molecule has 5 N–H and O–H groups in total. The highest BCUT2D eigenvalue weighted by molar-refractivity contribution is 5.26. The molecule has 0 saturated carbocycles.